The Morgan fingerprint density at radius 3 is 2.92 bits per heavy atom. The third kappa shape index (κ3) is 2.79. The van der Waals surface area contributed by atoms with E-state index in [2.05, 4.69) is 21.5 Å². The molecule has 0 fully saturated rings. The second kappa shape index (κ2) is 6.27. The molecule has 0 saturated heterocycles. The molecule has 0 bridgehead atoms. The van der Waals surface area contributed by atoms with E-state index in [1.807, 2.05) is 38.5 Å². The van der Waals surface area contributed by atoms with Gasteiger partial charge >= 0.3 is 0 Å². The molecule has 0 spiro atoms. The van der Waals surface area contributed by atoms with Crippen molar-refractivity contribution < 1.29 is 4.74 Å². The number of nitrogens with zero attached hydrogens (tertiary/aromatic N) is 4. The lowest BCUT2D eigenvalue weighted by atomic mass is 9.89. The summed E-state index contributed by atoms with van der Waals surface area (Å²) >= 11 is 0. The Kier molecular flexibility index (Phi) is 4.05. The molecule has 0 amide bonds. The van der Waals surface area contributed by atoms with E-state index in [1.165, 1.54) is 0 Å². The first-order valence-corrected chi connectivity index (χ1v) is 9.18. The maximum absolute atomic E-state index is 13.0. The summed E-state index contributed by atoms with van der Waals surface area (Å²) in [4.78, 5) is 21.7. The van der Waals surface area contributed by atoms with Crippen LogP contribution in [0.25, 0.3) is 11.0 Å². The van der Waals surface area contributed by atoms with Crippen molar-refractivity contribution in [2.75, 3.05) is 0 Å². The normalized spacial score (nSPS) is 19.3. The van der Waals surface area contributed by atoms with Crippen molar-refractivity contribution in [1.82, 2.24) is 19.1 Å². The number of hydrogen-bond acceptors (Lipinski definition) is 4. The van der Waals surface area contributed by atoms with E-state index in [-0.39, 0.29) is 11.2 Å². The van der Waals surface area contributed by atoms with Crippen LogP contribution in [-0.2, 0) is 19.5 Å². The number of aryl methyl sites for hydroxylation is 3. The highest BCUT2D eigenvalue weighted by atomic mass is 16.5. The van der Waals surface area contributed by atoms with E-state index in [0.29, 0.717) is 6.54 Å². The molecule has 136 valence electrons. The van der Waals surface area contributed by atoms with Crippen LogP contribution in [0.5, 0.6) is 5.75 Å². The van der Waals surface area contributed by atoms with Crippen molar-refractivity contribution >= 4 is 11.0 Å². The molecular weight excluding hydrogens is 328 g/mol. The number of fused-ring (bicyclic) bond motifs is 3. The third-order valence-electron chi connectivity index (χ3n) is 5.32. The van der Waals surface area contributed by atoms with Crippen molar-refractivity contribution in [2.45, 2.75) is 58.7 Å². The fourth-order valence-corrected chi connectivity index (χ4v) is 3.72. The molecule has 6 nitrogen and oxygen atoms in total. The van der Waals surface area contributed by atoms with E-state index in [1.54, 1.807) is 10.8 Å². The number of hydrogen-bond donors (Lipinski definition) is 0. The average Bonchev–Trinajstić information content (AvgIpc) is 3.14. The van der Waals surface area contributed by atoms with Gasteiger partial charge in [-0.15, -0.1) is 0 Å². The van der Waals surface area contributed by atoms with Gasteiger partial charge in [-0.2, -0.15) is 0 Å². The van der Waals surface area contributed by atoms with Gasteiger partial charge in [-0.1, -0.05) is 0 Å². The maximum atomic E-state index is 13.0. The van der Waals surface area contributed by atoms with Gasteiger partial charge < -0.3 is 9.30 Å². The van der Waals surface area contributed by atoms with E-state index in [4.69, 9.17) is 4.74 Å². The molecule has 26 heavy (non-hydrogen) atoms. The summed E-state index contributed by atoms with van der Waals surface area (Å²) in [7, 11) is 0. The van der Waals surface area contributed by atoms with Gasteiger partial charge in [-0.3, -0.25) is 9.36 Å². The number of imidazole rings is 1. The highest BCUT2D eigenvalue weighted by molar-refractivity contribution is 5.84. The largest absolute Gasteiger partial charge is 0.486 e. The van der Waals surface area contributed by atoms with Crippen molar-refractivity contribution in [1.29, 1.82) is 0 Å². The Morgan fingerprint density at radius 1 is 1.35 bits per heavy atom. The number of ether oxygens (including phenoxy) is 1. The van der Waals surface area contributed by atoms with Crippen LogP contribution in [0.2, 0.25) is 0 Å². The van der Waals surface area contributed by atoms with E-state index < -0.39 is 0 Å². The molecule has 1 aliphatic heterocycles. The molecule has 0 aliphatic carbocycles. The fourth-order valence-electron chi connectivity index (χ4n) is 3.72. The third-order valence-corrected chi connectivity index (χ3v) is 5.32. The topological polar surface area (TPSA) is 61.9 Å². The van der Waals surface area contributed by atoms with Crippen molar-refractivity contribution in [3.05, 3.63) is 52.5 Å². The first kappa shape index (κ1) is 16.8. The molecule has 4 rings (SSSR count). The Balaban J connectivity index is 1.76. The average molecular weight is 352 g/mol. The summed E-state index contributed by atoms with van der Waals surface area (Å²) < 4.78 is 10.3. The monoisotopic (exact) mass is 352 g/mol. The highest BCUT2D eigenvalue weighted by Gasteiger charge is 2.34. The Bertz CT molecular complexity index is 1010. The van der Waals surface area contributed by atoms with Gasteiger partial charge in [0, 0.05) is 37.6 Å². The second-order valence-corrected chi connectivity index (χ2v) is 7.28. The molecule has 3 aromatic heterocycles. The second-order valence-electron chi connectivity index (χ2n) is 7.28. The minimum atomic E-state index is -0.306. The lowest BCUT2D eigenvalue weighted by molar-refractivity contribution is 0.0530. The summed E-state index contributed by atoms with van der Waals surface area (Å²) in [5.41, 5.74) is 2.13. The van der Waals surface area contributed by atoms with E-state index in [9.17, 15) is 4.79 Å². The molecule has 3 aromatic rings. The smallest absolute Gasteiger partial charge is 0.259 e. The molecule has 4 heterocycles. The van der Waals surface area contributed by atoms with Crippen LogP contribution < -0.4 is 10.3 Å². The molecule has 0 saturated carbocycles. The summed E-state index contributed by atoms with van der Waals surface area (Å²) in [6, 6.07) is 4.01. The SMILES string of the molecule is CCn1c(=O)c2c(c3ccc(C)nc31)OC(C)(CCn1ccnc1)CC2. The van der Waals surface area contributed by atoms with Gasteiger partial charge in [-0.05, 0) is 45.7 Å². The van der Waals surface area contributed by atoms with Crippen LogP contribution in [0, 0.1) is 6.92 Å². The van der Waals surface area contributed by atoms with Gasteiger partial charge in [0.05, 0.1) is 17.3 Å². The minimum Gasteiger partial charge on any atom is -0.486 e. The van der Waals surface area contributed by atoms with Crippen LogP contribution in [0.4, 0.5) is 0 Å². The standard InChI is InChI=1S/C20H24N4O2/c1-4-24-18-15(6-5-14(2)22-18)17-16(19(24)25)7-8-20(3,26-17)9-11-23-12-10-21-13-23/h5-6,10,12-13H,4,7-9,11H2,1-3H3. The minimum absolute atomic E-state index is 0.0322. The molecule has 0 N–H and O–H groups in total. The number of rotatable bonds is 4. The summed E-state index contributed by atoms with van der Waals surface area (Å²) in [5, 5.41) is 0.931. The predicted octanol–water partition coefficient (Wildman–Crippen LogP) is 3.10. The quantitative estimate of drug-likeness (QED) is 0.724. The molecule has 1 aliphatic rings. The van der Waals surface area contributed by atoms with Gasteiger partial charge in [0.25, 0.3) is 5.56 Å². The van der Waals surface area contributed by atoms with Crippen LogP contribution in [-0.4, -0.2) is 24.7 Å². The first-order chi connectivity index (χ1) is 12.5. The van der Waals surface area contributed by atoms with Crippen LogP contribution >= 0.6 is 0 Å². The van der Waals surface area contributed by atoms with Gasteiger partial charge in [0.15, 0.2) is 0 Å². The zero-order valence-electron chi connectivity index (χ0n) is 15.5. The predicted molar refractivity (Wildman–Crippen MR) is 101 cm³/mol. The molecule has 1 unspecified atom stereocenters. The molecule has 1 atom stereocenters. The summed E-state index contributed by atoms with van der Waals surface area (Å²) in [6.07, 6.45) is 8.00. The van der Waals surface area contributed by atoms with Gasteiger partial charge in [-0.25, -0.2) is 9.97 Å². The Hall–Kier alpha value is -2.63. The van der Waals surface area contributed by atoms with Crippen LogP contribution in [0.3, 0.4) is 0 Å². The molecule has 6 heteroatoms. The molecular formula is C20H24N4O2. The van der Waals surface area contributed by atoms with Crippen LogP contribution in [0.15, 0.2) is 35.6 Å². The van der Waals surface area contributed by atoms with Crippen molar-refractivity contribution in [3.63, 3.8) is 0 Å². The Morgan fingerprint density at radius 2 is 2.19 bits per heavy atom. The molecule has 0 radical (unpaired) electrons. The summed E-state index contributed by atoms with van der Waals surface area (Å²) in [6.45, 7) is 7.51. The van der Waals surface area contributed by atoms with Gasteiger partial charge in [0.2, 0.25) is 0 Å². The van der Waals surface area contributed by atoms with Crippen LogP contribution in [0.1, 0.15) is 37.9 Å². The lowest BCUT2D eigenvalue weighted by Crippen LogP contribution is -2.40. The zero-order valence-corrected chi connectivity index (χ0v) is 15.5. The molecule has 0 aromatic carbocycles. The number of pyridine rings is 2. The van der Waals surface area contributed by atoms with E-state index >= 15 is 0 Å². The van der Waals surface area contributed by atoms with Crippen molar-refractivity contribution in [3.8, 4) is 5.75 Å². The zero-order chi connectivity index (χ0) is 18.3. The summed E-state index contributed by atoms with van der Waals surface area (Å²) in [5.74, 6) is 0.724. The first-order valence-electron chi connectivity index (χ1n) is 9.18. The van der Waals surface area contributed by atoms with E-state index in [0.717, 1.165) is 53.8 Å². The number of aromatic nitrogens is 4. The maximum Gasteiger partial charge on any atom is 0.259 e. The fraction of sp³-hybridized carbons (Fsp3) is 0.450. The van der Waals surface area contributed by atoms with Gasteiger partial charge in [0.1, 0.15) is 17.0 Å². The Labute approximate surface area is 152 Å². The highest BCUT2D eigenvalue weighted by Crippen LogP contribution is 2.38. The van der Waals surface area contributed by atoms with Crippen molar-refractivity contribution in [2.24, 2.45) is 0 Å². The lowest BCUT2D eigenvalue weighted by Gasteiger charge is -2.36.